The predicted molar refractivity (Wildman–Crippen MR) is 99.0 cm³/mol. The molecule has 0 atom stereocenters. The molecule has 2 aromatic carbocycles. The van der Waals surface area contributed by atoms with Crippen molar-refractivity contribution >= 4 is 46.2 Å². The predicted octanol–water partition coefficient (Wildman–Crippen LogP) is 4.89. The molecule has 0 N–H and O–H groups in total. The summed E-state index contributed by atoms with van der Waals surface area (Å²) in [4.78, 5) is 18.6. The lowest BCUT2D eigenvalue weighted by Crippen LogP contribution is -2.30. The van der Waals surface area contributed by atoms with Gasteiger partial charge in [-0.25, -0.2) is 9.38 Å². The molecule has 0 radical (unpaired) electrons. The van der Waals surface area contributed by atoms with E-state index in [-0.39, 0.29) is 10.9 Å². The summed E-state index contributed by atoms with van der Waals surface area (Å²) in [6.07, 6.45) is 3.57. The lowest BCUT2D eigenvalue weighted by atomic mass is 10.1. The highest BCUT2D eigenvalue weighted by Gasteiger charge is 2.31. The summed E-state index contributed by atoms with van der Waals surface area (Å²) in [7, 11) is 0. The molecule has 0 spiro atoms. The van der Waals surface area contributed by atoms with E-state index in [1.807, 2.05) is 37.4 Å². The topological polar surface area (TPSA) is 32.7 Å². The number of halogens is 2. The first kappa shape index (κ1) is 16.7. The molecule has 2 aromatic rings. The van der Waals surface area contributed by atoms with Crippen molar-refractivity contribution in [3.63, 3.8) is 0 Å². The van der Waals surface area contributed by atoms with Gasteiger partial charge in [-0.2, -0.15) is 0 Å². The van der Waals surface area contributed by atoms with Crippen LogP contribution >= 0.6 is 23.4 Å². The maximum atomic E-state index is 13.4. The van der Waals surface area contributed by atoms with Crippen molar-refractivity contribution in [3.8, 4) is 0 Å². The summed E-state index contributed by atoms with van der Waals surface area (Å²) in [5.74, 6) is -0.785. The number of nitrogens with zero attached hydrogens (tertiary/aromatic N) is 2. The van der Waals surface area contributed by atoms with Gasteiger partial charge in [-0.15, -0.1) is 0 Å². The molecular formula is C18H14ClFN2OS. The first-order valence-electron chi connectivity index (χ1n) is 7.20. The molecule has 1 amide bonds. The second kappa shape index (κ2) is 6.79. The van der Waals surface area contributed by atoms with Crippen LogP contribution < -0.4 is 4.90 Å². The third kappa shape index (κ3) is 3.23. The standard InChI is InChI=1S/C18H14ClFN2OS/c1-11-3-5-12(6-4-11)9-16-17(23)22(18(21-16)24-2)13-7-8-15(20)14(19)10-13/h3-10H,1-2H3/b16-9-. The van der Waals surface area contributed by atoms with E-state index in [0.717, 1.165) is 11.1 Å². The van der Waals surface area contributed by atoms with Gasteiger partial charge in [0.1, 0.15) is 11.5 Å². The van der Waals surface area contributed by atoms with Crippen molar-refractivity contribution in [3.05, 3.63) is 70.1 Å². The zero-order valence-corrected chi connectivity index (χ0v) is 14.7. The molecule has 1 aliphatic heterocycles. The van der Waals surface area contributed by atoms with E-state index < -0.39 is 5.82 Å². The minimum Gasteiger partial charge on any atom is -0.266 e. The SMILES string of the molecule is CSC1=N/C(=C\c2ccc(C)cc2)C(=O)N1c1ccc(F)c(Cl)c1. The van der Waals surface area contributed by atoms with Gasteiger partial charge in [0.25, 0.3) is 5.91 Å². The lowest BCUT2D eigenvalue weighted by molar-refractivity contribution is -0.113. The zero-order chi connectivity index (χ0) is 17.3. The molecule has 0 aromatic heterocycles. The Morgan fingerprint density at radius 2 is 1.92 bits per heavy atom. The van der Waals surface area contributed by atoms with Gasteiger partial charge in [0.2, 0.25) is 0 Å². The summed E-state index contributed by atoms with van der Waals surface area (Å²) in [5, 5.41) is 0.498. The number of anilines is 1. The number of amides is 1. The first-order valence-corrected chi connectivity index (χ1v) is 8.80. The van der Waals surface area contributed by atoms with Crippen LogP contribution in [0.1, 0.15) is 11.1 Å². The van der Waals surface area contributed by atoms with E-state index >= 15 is 0 Å². The van der Waals surface area contributed by atoms with E-state index in [9.17, 15) is 9.18 Å². The average molecular weight is 361 g/mol. The number of hydrogen-bond acceptors (Lipinski definition) is 3. The van der Waals surface area contributed by atoms with Crippen LogP contribution in [0.15, 0.2) is 53.2 Å². The Hall–Kier alpha value is -2.11. The number of aliphatic imine (C=N–C) groups is 1. The average Bonchev–Trinajstić information content (AvgIpc) is 2.88. The minimum absolute atomic E-state index is 0.0308. The van der Waals surface area contributed by atoms with Gasteiger partial charge in [0.05, 0.1) is 10.7 Å². The fourth-order valence-corrected chi connectivity index (χ4v) is 3.04. The van der Waals surface area contributed by atoms with Crippen molar-refractivity contribution in [2.45, 2.75) is 6.92 Å². The fraction of sp³-hybridized carbons (Fsp3) is 0.111. The zero-order valence-electron chi connectivity index (χ0n) is 13.1. The molecule has 1 heterocycles. The highest BCUT2D eigenvalue weighted by molar-refractivity contribution is 8.13. The third-order valence-electron chi connectivity index (χ3n) is 3.55. The number of carbonyl (C=O) groups is 1. The van der Waals surface area contributed by atoms with Crippen LogP contribution in [0, 0.1) is 12.7 Å². The summed E-state index contributed by atoms with van der Waals surface area (Å²) in [5.41, 5.74) is 2.87. The second-order valence-corrected chi connectivity index (χ2v) is 6.46. The van der Waals surface area contributed by atoms with Crippen LogP contribution in [0.2, 0.25) is 5.02 Å². The number of benzene rings is 2. The molecule has 0 saturated carbocycles. The summed E-state index contributed by atoms with van der Waals surface area (Å²) in [6.45, 7) is 2.00. The molecule has 122 valence electrons. The van der Waals surface area contributed by atoms with Gasteiger partial charge in [-0.1, -0.05) is 53.2 Å². The van der Waals surface area contributed by atoms with Crippen LogP contribution in [-0.4, -0.2) is 17.3 Å². The molecule has 0 fully saturated rings. The van der Waals surface area contributed by atoms with Gasteiger partial charge in [-0.3, -0.25) is 9.69 Å². The first-order chi connectivity index (χ1) is 11.5. The highest BCUT2D eigenvalue weighted by Crippen LogP contribution is 2.31. The normalized spacial score (nSPS) is 16.0. The maximum absolute atomic E-state index is 13.4. The second-order valence-electron chi connectivity index (χ2n) is 5.28. The number of carbonyl (C=O) groups excluding carboxylic acids is 1. The molecule has 0 unspecified atom stereocenters. The van der Waals surface area contributed by atoms with Crippen LogP contribution in [0.3, 0.4) is 0 Å². The van der Waals surface area contributed by atoms with Gasteiger partial charge < -0.3 is 0 Å². The number of hydrogen-bond donors (Lipinski definition) is 0. The Morgan fingerprint density at radius 1 is 1.21 bits per heavy atom. The van der Waals surface area contributed by atoms with Gasteiger partial charge >= 0.3 is 0 Å². The van der Waals surface area contributed by atoms with E-state index in [2.05, 4.69) is 4.99 Å². The highest BCUT2D eigenvalue weighted by atomic mass is 35.5. The number of amidine groups is 1. The summed E-state index contributed by atoms with van der Waals surface area (Å²) in [6, 6.07) is 12.0. The van der Waals surface area contributed by atoms with Crippen molar-refractivity contribution in [1.82, 2.24) is 0 Å². The van der Waals surface area contributed by atoms with E-state index in [4.69, 9.17) is 11.6 Å². The fourth-order valence-electron chi connectivity index (χ4n) is 2.31. The molecule has 6 heteroatoms. The number of rotatable bonds is 2. The van der Waals surface area contributed by atoms with Crippen molar-refractivity contribution in [2.24, 2.45) is 4.99 Å². The Morgan fingerprint density at radius 3 is 2.54 bits per heavy atom. The molecular weight excluding hydrogens is 347 g/mol. The van der Waals surface area contributed by atoms with Gasteiger partial charge in [0, 0.05) is 0 Å². The molecule has 3 rings (SSSR count). The minimum atomic E-state index is -0.523. The Bertz CT molecular complexity index is 862. The van der Waals surface area contributed by atoms with Crippen LogP contribution in [0.25, 0.3) is 6.08 Å². The molecule has 0 saturated heterocycles. The largest absolute Gasteiger partial charge is 0.283 e. The van der Waals surface area contributed by atoms with E-state index in [1.165, 1.54) is 34.9 Å². The molecule has 0 bridgehead atoms. The van der Waals surface area contributed by atoms with E-state index in [1.54, 1.807) is 6.08 Å². The van der Waals surface area contributed by atoms with Gasteiger partial charge in [0.15, 0.2) is 5.17 Å². The van der Waals surface area contributed by atoms with Crippen molar-refractivity contribution in [2.75, 3.05) is 11.2 Å². The maximum Gasteiger partial charge on any atom is 0.283 e. The molecule has 24 heavy (non-hydrogen) atoms. The third-order valence-corrected chi connectivity index (χ3v) is 4.48. The Labute approximate surface area is 148 Å². The lowest BCUT2D eigenvalue weighted by Gasteiger charge is -2.17. The Kier molecular flexibility index (Phi) is 4.73. The quantitative estimate of drug-likeness (QED) is 0.714. The number of thioether (sulfide) groups is 1. The summed E-state index contributed by atoms with van der Waals surface area (Å²) < 4.78 is 13.4. The van der Waals surface area contributed by atoms with Crippen LogP contribution in [-0.2, 0) is 4.79 Å². The monoisotopic (exact) mass is 360 g/mol. The van der Waals surface area contributed by atoms with Crippen molar-refractivity contribution in [1.29, 1.82) is 0 Å². The number of aryl methyl sites for hydroxylation is 1. The van der Waals surface area contributed by atoms with Crippen LogP contribution in [0.5, 0.6) is 0 Å². The van der Waals surface area contributed by atoms with Gasteiger partial charge in [-0.05, 0) is 43.0 Å². The summed E-state index contributed by atoms with van der Waals surface area (Å²) >= 11 is 7.18. The van der Waals surface area contributed by atoms with E-state index in [0.29, 0.717) is 16.6 Å². The molecule has 3 nitrogen and oxygen atoms in total. The van der Waals surface area contributed by atoms with Crippen molar-refractivity contribution < 1.29 is 9.18 Å². The smallest absolute Gasteiger partial charge is 0.266 e. The Balaban J connectivity index is 1.98. The van der Waals surface area contributed by atoms with Crippen LogP contribution in [0.4, 0.5) is 10.1 Å². The molecule has 1 aliphatic rings. The molecule has 0 aliphatic carbocycles.